The number of benzene rings is 1. The second kappa shape index (κ2) is 10.5. The number of methoxy groups -OCH3 is 1. The molecule has 0 radical (unpaired) electrons. The average molecular weight is 515 g/mol. The number of esters is 1. The van der Waals surface area contributed by atoms with Crippen molar-refractivity contribution in [3.05, 3.63) is 65.7 Å². The summed E-state index contributed by atoms with van der Waals surface area (Å²) >= 11 is 0. The van der Waals surface area contributed by atoms with E-state index in [0.717, 1.165) is 29.0 Å². The van der Waals surface area contributed by atoms with Gasteiger partial charge in [0, 0.05) is 23.6 Å². The van der Waals surface area contributed by atoms with Crippen LogP contribution in [0.15, 0.2) is 48.8 Å². The minimum Gasteiger partial charge on any atom is -0.469 e. The van der Waals surface area contributed by atoms with E-state index in [1.165, 1.54) is 7.11 Å². The highest BCUT2D eigenvalue weighted by Gasteiger charge is 2.39. The van der Waals surface area contributed by atoms with Gasteiger partial charge in [0.1, 0.15) is 11.3 Å². The number of carbonyl (C=O) groups is 1. The summed E-state index contributed by atoms with van der Waals surface area (Å²) in [5, 5.41) is 14.1. The molecule has 7 nitrogen and oxygen atoms in total. The maximum absolute atomic E-state index is 13.0. The summed E-state index contributed by atoms with van der Waals surface area (Å²) in [6.45, 7) is 3.63. The highest BCUT2D eigenvalue weighted by molar-refractivity contribution is 5.72. The largest absolute Gasteiger partial charge is 0.469 e. The number of ether oxygens (including phenoxy) is 1. The first-order valence-electron chi connectivity index (χ1n) is 12.0. The normalized spacial score (nSPS) is 19.6. The number of hydrogen-bond donors (Lipinski definition) is 2. The van der Waals surface area contributed by atoms with Gasteiger partial charge in [0.05, 0.1) is 18.7 Å². The van der Waals surface area contributed by atoms with Crippen molar-refractivity contribution in [3.8, 4) is 11.1 Å². The Labute approximate surface area is 213 Å². The number of aliphatic hydroxyl groups is 1. The van der Waals surface area contributed by atoms with Crippen molar-refractivity contribution in [3.63, 3.8) is 0 Å². The van der Waals surface area contributed by atoms with Crippen LogP contribution in [0.25, 0.3) is 11.1 Å². The lowest BCUT2D eigenvalue weighted by molar-refractivity contribution is -0.148. The predicted octanol–water partition coefficient (Wildman–Crippen LogP) is 5.80. The van der Waals surface area contributed by atoms with Gasteiger partial charge < -0.3 is 15.2 Å². The molecule has 1 fully saturated rings. The van der Waals surface area contributed by atoms with E-state index in [1.807, 2.05) is 19.1 Å². The van der Waals surface area contributed by atoms with E-state index in [4.69, 9.17) is 4.74 Å². The van der Waals surface area contributed by atoms with Crippen molar-refractivity contribution in [2.24, 2.45) is 11.8 Å². The van der Waals surface area contributed by atoms with Crippen LogP contribution in [-0.2, 0) is 21.3 Å². The van der Waals surface area contributed by atoms with Crippen LogP contribution in [-0.4, -0.2) is 33.1 Å². The third-order valence-electron chi connectivity index (χ3n) is 6.95. The fraction of sp³-hybridized carbons (Fsp3) is 0.407. The lowest BCUT2D eigenvalue weighted by atomic mass is 9.73. The van der Waals surface area contributed by atoms with Crippen LogP contribution in [0.5, 0.6) is 0 Å². The van der Waals surface area contributed by atoms with Crippen molar-refractivity contribution >= 4 is 17.6 Å². The molecule has 4 rings (SSSR count). The Kier molecular flexibility index (Phi) is 7.49. The van der Waals surface area contributed by atoms with Crippen molar-refractivity contribution in [1.82, 2.24) is 15.0 Å². The first-order chi connectivity index (χ1) is 17.5. The Bertz CT molecular complexity index is 1250. The molecule has 10 heteroatoms. The molecule has 0 bridgehead atoms. The summed E-state index contributed by atoms with van der Waals surface area (Å²) in [5.74, 6) is -0.517. The van der Waals surface area contributed by atoms with Crippen LogP contribution in [0.2, 0.25) is 0 Å². The molecule has 1 aromatic carbocycles. The summed E-state index contributed by atoms with van der Waals surface area (Å²) in [6, 6.07) is 9.95. The van der Waals surface area contributed by atoms with Gasteiger partial charge in [-0.1, -0.05) is 12.1 Å². The molecule has 1 atom stereocenters. The minimum atomic E-state index is -4.56. The van der Waals surface area contributed by atoms with Crippen LogP contribution in [0.4, 0.5) is 24.8 Å². The molecular weight excluding hydrogens is 485 g/mol. The first-order valence-corrected chi connectivity index (χ1v) is 12.0. The van der Waals surface area contributed by atoms with E-state index in [-0.39, 0.29) is 23.8 Å². The molecule has 1 aliphatic rings. The Hall–Kier alpha value is -3.53. The van der Waals surface area contributed by atoms with Crippen molar-refractivity contribution < 1.29 is 27.8 Å². The Balaban J connectivity index is 1.50. The Morgan fingerprint density at radius 2 is 1.76 bits per heavy atom. The topological polar surface area (TPSA) is 97.2 Å². The standard InChI is InChI=1S/C27H29F3N4O3/c1-16-12-19(14-21(13-16)33-25-31-11-10-23(34-25)27(28,29)30)18-6-9-22(32-15-18)26(2,36)20-7-4-17(5-8-20)24(35)37-3/h6,9-15,17,20,36H,4-5,7-8H2,1-3H3,(H,31,33,34)/t17-,20-,26?. The number of carbonyl (C=O) groups excluding carboxylic acids is 1. The molecule has 2 aromatic heterocycles. The van der Waals surface area contributed by atoms with Gasteiger partial charge >= 0.3 is 12.1 Å². The zero-order valence-electron chi connectivity index (χ0n) is 20.8. The minimum absolute atomic E-state index is 0.0333. The molecular formula is C27H29F3N4O3. The number of aryl methyl sites for hydroxylation is 1. The van der Waals surface area contributed by atoms with E-state index in [9.17, 15) is 23.1 Å². The number of rotatable bonds is 6. The van der Waals surface area contributed by atoms with Crippen molar-refractivity contribution in [2.75, 3.05) is 12.4 Å². The SMILES string of the molecule is COC(=O)[C@H]1CC[C@H](C(C)(O)c2ccc(-c3cc(C)cc(Nc4nccc(C(F)(F)F)n4)c3)cn2)CC1. The fourth-order valence-electron chi connectivity index (χ4n) is 4.86. The van der Waals surface area contributed by atoms with Gasteiger partial charge in [0.2, 0.25) is 5.95 Å². The van der Waals surface area contributed by atoms with Gasteiger partial charge in [-0.25, -0.2) is 9.97 Å². The summed E-state index contributed by atoms with van der Waals surface area (Å²) in [6.07, 6.45) is 0.892. The molecule has 196 valence electrons. The zero-order chi connectivity index (χ0) is 26.8. The Morgan fingerprint density at radius 1 is 1.03 bits per heavy atom. The van der Waals surface area contributed by atoms with E-state index < -0.39 is 17.5 Å². The molecule has 0 spiro atoms. The quantitative estimate of drug-likeness (QED) is 0.402. The summed E-state index contributed by atoms with van der Waals surface area (Å²) in [7, 11) is 1.39. The number of alkyl halides is 3. The monoisotopic (exact) mass is 514 g/mol. The maximum atomic E-state index is 13.0. The highest BCUT2D eigenvalue weighted by atomic mass is 19.4. The van der Waals surface area contributed by atoms with E-state index in [2.05, 4.69) is 20.3 Å². The molecule has 2 heterocycles. The summed E-state index contributed by atoms with van der Waals surface area (Å²) in [5.41, 5.74) is 1.36. The summed E-state index contributed by atoms with van der Waals surface area (Å²) < 4.78 is 43.8. The van der Waals surface area contributed by atoms with Crippen LogP contribution >= 0.6 is 0 Å². The fourth-order valence-corrected chi connectivity index (χ4v) is 4.86. The van der Waals surface area contributed by atoms with Gasteiger partial charge in [0.15, 0.2) is 0 Å². The number of hydrogen-bond acceptors (Lipinski definition) is 7. The second-order valence-electron chi connectivity index (χ2n) is 9.63. The van der Waals surface area contributed by atoms with E-state index in [1.54, 1.807) is 31.3 Å². The molecule has 3 aromatic rings. The molecule has 0 aliphatic heterocycles. The smallest absolute Gasteiger partial charge is 0.433 e. The maximum Gasteiger partial charge on any atom is 0.433 e. The number of nitrogens with one attached hydrogen (secondary N) is 1. The molecule has 1 unspecified atom stereocenters. The van der Waals surface area contributed by atoms with Gasteiger partial charge in [0.25, 0.3) is 0 Å². The number of anilines is 2. The van der Waals surface area contributed by atoms with E-state index >= 15 is 0 Å². The lowest BCUT2D eigenvalue weighted by Gasteiger charge is -2.37. The van der Waals surface area contributed by atoms with Crippen LogP contribution in [0, 0.1) is 18.8 Å². The number of pyridine rings is 1. The van der Waals surface area contributed by atoms with Gasteiger partial charge in [-0.15, -0.1) is 0 Å². The highest BCUT2D eigenvalue weighted by Crippen LogP contribution is 2.41. The van der Waals surface area contributed by atoms with Crippen LogP contribution < -0.4 is 5.32 Å². The first kappa shape index (κ1) is 26.5. The third kappa shape index (κ3) is 6.07. The van der Waals surface area contributed by atoms with Gasteiger partial charge in [-0.3, -0.25) is 9.78 Å². The average Bonchev–Trinajstić information content (AvgIpc) is 2.87. The Morgan fingerprint density at radius 3 is 2.38 bits per heavy atom. The third-order valence-corrected chi connectivity index (χ3v) is 6.95. The number of halogens is 3. The zero-order valence-corrected chi connectivity index (χ0v) is 20.8. The van der Waals surface area contributed by atoms with E-state index in [0.29, 0.717) is 37.1 Å². The van der Waals surface area contributed by atoms with Crippen LogP contribution in [0.1, 0.15) is 49.6 Å². The van der Waals surface area contributed by atoms with Crippen LogP contribution in [0.3, 0.4) is 0 Å². The summed E-state index contributed by atoms with van der Waals surface area (Å²) in [4.78, 5) is 23.8. The van der Waals surface area contributed by atoms with Gasteiger partial charge in [-0.2, -0.15) is 13.2 Å². The molecule has 1 aliphatic carbocycles. The van der Waals surface area contributed by atoms with Gasteiger partial charge in [-0.05, 0) is 80.8 Å². The second-order valence-corrected chi connectivity index (χ2v) is 9.63. The van der Waals surface area contributed by atoms with Crippen molar-refractivity contribution in [2.45, 2.75) is 51.3 Å². The molecule has 37 heavy (non-hydrogen) atoms. The predicted molar refractivity (Wildman–Crippen MR) is 132 cm³/mol. The molecule has 1 saturated carbocycles. The van der Waals surface area contributed by atoms with Crippen molar-refractivity contribution in [1.29, 1.82) is 0 Å². The molecule has 0 amide bonds. The molecule has 0 saturated heterocycles. The molecule has 2 N–H and O–H groups in total. The number of nitrogens with zero attached hydrogens (tertiary/aromatic N) is 3. The number of aromatic nitrogens is 3. The lowest BCUT2D eigenvalue weighted by Crippen LogP contribution is -2.36.